The van der Waals surface area contributed by atoms with Gasteiger partial charge in [-0.3, -0.25) is 0 Å². The second-order valence-corrected chi connectivity index (χ2v) is 52.0. The summed E-state index contributed by atoms with van der Waals surface area (Å²) in [6.07, 6.45) is 1.45. The molecule has 0 aliphatic heterocycles. The number of rotatable bonds is 8. The molecule has 0 atom stereocenters. The van der Waals surface area contributed by atoms with Gasteiger partial charge in [0.25, 0.3) is 0 Å². The predicted molar refractivity (Wildman–Crippen MR) is 239 cm³/mol. The van der Waals surface area contributed by atoms with Gasteiger partial charge >= 0.3 is 0 Å². The van der Waals surface area contributed by atoms with E-state index in [-0.39, 0.29) is 6.23 Å². The van der Waals surface area contributed by atoms with Crippen LogP contribution in [0.3, 0.4) is 0 Å². The zero-order chi connectivity index (χ0) is 39.9. The average Bonchev–Trinajstić information content (AvgIpc) is 2.83. The standard InChI is InChI=1S/C6H16OSi.C5H12OSi.3C4H12OSi.2C4H12Si.CH4S/c1-5-6-8(3,4)7-2;1-5-7(3,4)6-2;3*1-5-6(2,3)4;2*1-5(2,3)4;1-2/h5-6H2,1-4H3;5H,1H2,2-4H3;3*1-4H3;2*1-4H3;2H,1H3/i;;;;;;;1D. The Bertz CT molecular complexity index is 555. The van der Waals surface area contributed by atoms with Crippen LogP contribution in [-0.2, 0) is 22.1 Å². The Hall–Kier alpha value is 1.41. The summed E-state index contributed by atoms with van der Waals surface area (Å²) >= 11 is 3.46. The highest BCUT2D eigenvalue weighted by Crippen LogP contribution is 2.10. The van der Waals surface area contributed by atoms with Crippen LogP contribution < -0.4 is 0 Å². The monoisotopic (exact) mass is 786 g/mol. The summed E-state index contributed by atoms with van der Waals surface area (Å²) in [5, 5.41) is 0. The summed E-state index contributed by atoms with van der Waals surface area (Å²) in [6, 6.07) is 1.28. The molecule has 0 saturated carbocycles. The fourth-order valence-electron chi connectivity index (χ4n) is 0.787. The fourth-order valence-corrected chi connectivity index (χ4v) is 2.36. The maximum absolute atomic E-state index is 6.07. The van der Waals surface area contributed by atoms with Gasteiger partial charge in [0.05, 0.1) is 0 Å². The van der Waals surface area contributed by atoms with E-state index in [9.17, 15) is 0 Å². The van der Waals surface area contributed by atoms with E-state index in [2.05, 4.69) is 164 Å². The third-order valence-corrected chi connectivity index (χ3v) is 12.8. The average molecular weight is 787 g/mol. The highest BCUT2D eigenvalue weighted by Gasteiger charge is 2.17. The normalized spacial score (nSPS) is 11.8. The van der Waals surface area contributed by atoms with E-state index in [1.165, 1.54) is 12.5 Å². The fraction of sp³-hybridized carbons (Fsp3) is 0.938. The van der Waals surface area contributed by atoms with Crippen molar-refractivity contribution in [1.29, 1.82) is 0 Å². The van der Waals surface area contributed by atoms with Crippen molar-refractivity contribution in [2.24, 2.45) is 0 Å². The number of hydrogen-bond donors (Lipinski definition) is 1. The SMILES string of the molecule is C=C[Si](C)(C)OC.CCC[Si](C)(C)OC.CO[Si](C)(C)C.CO[Si](C)(C)C.CO[Si](C)(C)C.C[Si](C)(C)C.C[Si](C)(C)C.[2H]CS. The largest absolute Gasteiger partial charge is 0.421 e. The molecule has 0 radical (unpaired) electrons. The van der Waals surface area contributed by atoms with E-state index in [1.54, 1.807) is 28.4 Å². The molecule has 0 aromatic heterocycles. The maximum atomic E-state index is 6.07. The maximum Gasteiger partial charge on any atom is 0.209 e. The van der Waals surface area contributed by atoms with Gasteiger partial charge in [-0.05, 0) is 97.4 Å². The molecule has 0 aromatic carbocycles. The molecule has 0 heterocycles. The summed E-state index contributed by atoms with van der Waals surface area (Å²) in [5.74, 6) is 0. The lowest BCUT2D eigenvalue weighted by Crippen LogP contribution is -2.27. The van der Waals surface area contributed by atoms with Crippen molar-refractivity contribution in [3.05, 3.63) is 12.3 Å². The lowest BCUT2D eigenvalue weighted by atomic mass is 10.6. The van der Waals surface area contributed by atoms with Crippen LogP contribution in [0.5, 0.6) is 0 Å². The van der Waals surface area contributed by atoms with Crippen LogP contribution in [0.4, 0.5) is 0 Å². The topological polar surface area (TPSA) is 46.2 Å². The van der Waals surface area contributed by atoms with Crippen molar-refractivity contribution >= 4 is 70.4 Å². The van der Waals surface area contributed by atoms with Crippen LogP contribution in [0.15, 0.2) is 12.3 Å². The van der Waals surface area contributed by atoms with Gasteiger partial charge in [0.1, 0.15) is 0 Å². The molecule has 0 fully saturated rings. The quantitative estimate of drug-likeness (QED) is 0.196. The third kappa shape index (κ3) is 156. The van der Waals surface area contributed by atoms with Crippen molar-refractivity contribution in [2.45, 2.75) is 157 Å². The molecule has 0 rings (SSSR count). The van der Waals surface area contributed by atoms with E-state index >= 15 is 0 Å². The Balaban J connectivity index is -0.0000000605. The van der Waals surface area contributed by atoms with E-state index < -0.39 is 57.7 Å². The molecule has 0 saturated heterocycles. The summed E-state index contributed by atoms with van der Waals surface area (Å²) in [5.41, 5.74) is 1.91. The molecule has 13 heteroatoms. The summed E-state index contributed by atoms with van der Waals surface area (Å²) in [7, 11) is 1.68. The zero-order valence-corrected chi connectivity index (χ0v) is 44.3. The second kappa shape index (κ2) is 33.9. The molecule has 0 N–H and O–H groups in total. The highest BCUT2D eigenvalue weighted by atomic mass is 32.1. The minimum atomic E-state index is -1.39. The van der Waals surface area contributed by atoms with Crippen LogP contribution in [0.2, 0.25) is 144 Å². The molecule has 0 aromatic rings. The van der Waals surface area contributed by atoms with E-state index in [0.717, 1.165) is 0 Å². The Labute approximate surface area is 303 Å². The Morgan fingerprint density at radius 1 is 0.511 bits per heavy atom. The first-order chi connectivity index (χ1) is 19.8. The van der Waals surface area contributed by atoms with Gasteiger partial charge in [-0.15, -0.1) is 6.58 Å². The Kier molecular flexibility index (Phi) is 46.4. The molecule has 0 bridgehead atoms. The molecule has 0 unspecified atom stereocenters. The lowest BCUT2D eigenvalue weighted by molar-refractivity contribution is 0.403. The van der Waals surface area contributed by atoms with Gasteiger partial charge in [0, 0.05) is 53.1 Å². The van der Waals surface area contributed by atoms with Crippen LogP contribution in [-0.4, -0.2) is 99.5 Å². The Morgan fingerprint density at radius 2 is 0.689 bits per heavy atom. The van der Waals surface area contributed by atoms with Crippen LogP contribution in [0.1, 0.15) is 14.7 Å². The van der Waals surface area contributed by atoms with Crippen molar-refractivity contribution < 1.29 is 23.5 Å². The number of hydrogen-bond acceptors (Lipinski definition) is 6. The molecule has 0 spiro atoms. The van der Waals surface area contributed by atoms with Crippen molar-refractivity contribution in [1.82, 2.24) is 0 Å². The molecule has 0 aliphatic rings. The van der Waals surface area contributed by atoms with Gasteiger partial charge in [0.2, 0.25) is 8.32 Å². The first-order valence-electron chi connectivity index (χ1n) is 16.8. The second-order valence-electron chi connectivity index (χ2n) is 17.7. The van der Waals surface area contributed by atoms with E-state index in [0.29, 0.717) is 0 Å². The van der Waals surface area contributed by atoms with Crippen LogP contribution in [0.25, 0.3) is 0 Å². The van der Waals surface area contributed by atoms with E-state index in [4.69, 9.17) is 23.5 Å². The summed E-state index contributed by atoms with van der Waals surface area (Å²) in [6.45, 7) is 52.6. The van der Waals surface area contributed by atoms with E-state index in [1.807, 2.05) is 12.8 Å². The molecule has 284 valence electrons. The highest BCUT2D eigenvalue weighted by molar-refractivity contribution is 7.79. The number of thiol groups is 1. The molecular weight excluding hydrogens is 693 g/mol. The zero-order valence-electron chi connectivity index (χ0n) is 37.4. The Morgan fingerprint density at radius 3 is 0.711 bits per heavy atom. The summed E-state index contributed by atoms with van der Waals surface area (Å²) in [4.78, 5) is 0. The minimum absolute atomic E-state index is 0.194. The van der Waals surface area contributed by atoms with Gasteiger partial charge in [-0.1, -0.05) is 71.4 Å². The smallest absolute Gasteiger partial charge is 0.209 e. The van der Waals surface area contributed by atoms with Crippen molar-refractivity contribution in [3.8, 4) is 0 Å². The minimum Gasteiger partial charge on any atom is -0.421 e. The molecular formula is C32H92O5SSi7. The van der Waals surface area contributed by atoms with Gasteiger partial charge in [-0.25, -0.2) is 0 Å². The predicted octanol–water partition coefficient (Wildman–Crippen LogP) is 12.7. The first kappa shape index (κ1) is 61.6. The van der Waals surface area contributed by atoms with Gasteiger partial charge in [0.15, 0.2) is 33.3 Å². The molecule has 0 amide bonds. The first-order valence-corrected chi connectivity index (χ1v) is 41.1. The van der Waals surface area contributed by atoms with Crippen LogP contribution >= 0.6 is 12.6 Å². The molecule has 45 heavy (non-hydrogen) atoms. The third-order valence-electron chi connectivity index (χ3n) is 4.26. The lowest BCUT2D eigenvalue weighted by Gasteiger charge is -2.17. The molecule has 5 nitrogen and oxygen atoms in total. The van der Waals surface area contributed by atoms with Gasteiger partial charge < -0.3 is 22.1 Å². The van der Waals surface area contributed by atoms with Crippen LogP contribution in [0, 0.1) is 0 Å². The molecule has 0 aliphatic carbocycles. The van der Waals surface area contributed by atoms with Crippen molar-refractivity contribution in [3.63, 3.8) is 0 Å². The van der Waals surface area contributed by atoms with Gasteiger partial charge in [-0.2, -0.15) is 12.6 Å². The summed E-state index contributed by atoms with van der Waals surface area (Å²) < 4.78 is 31.7. The van der Waals surface area contributed by atoms with Crippen molar-refractivity contribution in [2.75, 3.05) is 41.8 Å².